The maximum atomic E-state index is 5.20. The largest absolute Gasteiger partial charge is 0.299 e. The Morgan fingerprint density at radius 2 is 1.02 bits per heavy atom. The molecule has 5 nitrogen and oxygen atoms in total. The minimum absolute atomic E-state index is 0.0527. The van der Waals surface area contributed by atoms with E-state index in [4.69, 9.17) is 19.9 Å². The van der Waals surface area contributed by atoms with Crippen molar-refractivity contribution in [3.8, 4) is 67.8 Å². The third kappa shape index (κ3) is 4.55. The number of hydrogen-bond donors (Lipinski definition) is 0. The Morgan fingerprint density at radius 3 is 1.75 bits per heavy atom. The Bertz CT molecular complexity index is 2420. The molecule has 0 saturated carbocycles. The summed E-state index contributed by atoms with van der Waals surface area (Å²) in [7, 11) is 0. The Balaban J connectivity index is 1.21. The summed E-state index contributed by atoms with van der Waals surface area (Å²) in [5.74, 6) is 1.89. The fourth-order valence-corrected chi connectivity index (χ4v) is 7.08. The fraction of sp³-hybridized carbons (Fsp3) is 0.0698. The van der Waals surface area contributed by atoms with Crippen molar-refractivity contribution in [3.63, 3.8) is 0 Å². The standard InChI is InChI=1S/C43H31N5/c1-43(2)35-21-10-9-20-33(35)34-27-31(23-24-36(34)43)39-38(44-37-22-11-12-25-48(37)39)30-18-13-19-32(26-30)42-46-40(28-14-5-3-6-15-28)45-41(47-42)29-16-7-4-8-17-29/h3-27H,1-2H3. The molecule has 0 unspecified atom stereocenters. The summed E-state index contributed by atoms with van der Waals surface area (Å²) in [6.45, 7) is 4.63. The molecule has 0 bridgehead atoms. The molecule has 0 amide bonds. The van der Waals surface area contributed by atoms with Crippen LogP contribution in [-0.2, 0) is 5.41 Å². The van der Waals surface area contributed by atoms with Crippen molar-refractivity contribution in [1.82, 2.24) is 24.3 Å². The first-order valence-corrected chi connectivity index (χ1v) is 16.2. The van der Waals surface area contributed by atoms with Crippen LogP contribution in [0.1, 0.15) is 25.0 Å². The highest BCUT2D eigenvalue weighted by molar-refractivity contribution is 5.89. The Hall–Kier alpha value is -6.20. The lowest BCUT2D eigenvalue weighted by molar-refractivity contribution is 0.660. The molecule has 1 aliphatic rings. The van der Waals surface area contributed by atoms with Gasteiger partial charge in [-0.15, -0.1) is 0 Å². The van der Waals surface area contributed by atoms with Crippen molar-refractivity contribution in [3.05, 3.63) is 163 Å². The van der Waals surface area contributed by atoms with Gasteiger partial charge in [0.15, 0.2) is 17.5 Å². The number of imidazole rings is 1. The van der Waals surface area contributed by atoms with Crippen molar-refractivity contribution < 1.29 is 0 Å². The Morgan fingerprint density at radius 1 is 0.438 bits per heavy atom. The molecular weight excluding hydrogens is 587 g/mol. The minimum Gasteiger partial charge on any atom is -0.299 e. The van der Waals surface area contributed by atoms with Gasteiger partial charge in [-0.3, -0.25) is 4.40 Å². The van der Waals surface area contributed by atoms with E-state index in [2.05, 4.69) is 103 Å². The molecule has 5 heteroatoms. The lowest BCUT2D eigenvalue weighted by atomic mass is 9.82. The van der Waals surface area contributed by atoms with Gasteiger partial charge in [0, 0.05) is 39.4 Å². The van der Waals surface area contributed by atoms with E-state index in [0.717, 1.165) is 44.9 Å². The number of benzene rings is 5. The zero-order chi connectivity index (χ0) is 32.2. The molecule has 0 N–H and O–H groups in total. The average Bonchev–Trinajstić information content (AvgIpc) is 3.65. The first kappa shape index (κ1) is 28.1. The molecule has 0 radical (unpaired) electrons. The smallest absolute Gasteiger partial charge is 0.164 e. The summed E-state index contributed by atoms with van der Waals surface area (Å²) in [6.07, 6.45) is 2.10. The Kier molecular flexibility index (Phi) is 6.40. The maximum Gasteiger partial charge on any atom is 0.164 e. The average molecular weight is 618 g/mol. The van der Waals surface area contributed by atoms with Crippen molar-refractivity contribution in [1.29, 1.82) is 0 Å². The predicted molar refractivity (Wildman–Crippen MR) is 193 cm³/mol. The van der Waals surface area contributed by atoms with Gasteiger partial charge in [-0.25, -0.2) is 19.9 Å². The third-order valence-corrected chi connectivity index (χ3v) is 9.48. The topological polar surface area (TPSA) is 56.0 Å². The fourth-order valence-electron chi connectivity index (χ4n) is 7.08. The van der Waals surface area contributed by atoms with Crippen LogP contribution in [0.5, 0.6) is 0 Å². The van der Waals surface area contributed by atoms with Crippen LogP contribution in [0.25, 0.3) is 73.5 Å². The summed E-state index contributed by atoms with van der Waals surface area (Å²) >= 11 is 0. The number of nitrogens with zero attached hydrogens (tertiary/aromatic N) is 5. The van der Waals surface area contributed by atoms with Crippen molar-refractivity contribution in [2.24, 2.45) is 0 Å². The van der Waals surface area contributed by atoms with Gasteiger partial charge in [0.1, 0.15) is 5.65 Å². The zero-order valence-corrected chi connectivity index (χ0v) is 26.7. The number of fused-ring (bicyclic) bond motifs is 4. The third-order valence-electron chi connectivity index (χ3n) is 9.48. The molecule has 9 rings (SSSR count). The maximum absolute atomic E-state index is 5.20. The summed E-state index contributed by atoms with van der Waals surface area (Å²) in [4.78, 5) is 20.0. The number of rotatable bonds is 5. The SMILES string of the molecule is CC1(C)c2ccccc2-c2cc(-c3c(-c4cccc(-c5nc(-c6ccccc6)nc(-c6ccccc6)n5)c4)nc4ccccn34)ccc21. The van der Waals surface area contributed by atoms with E-state index in [-0.39, 0.29) is 5.41 Å². The highest BCUT2D eigenvalue weighted by Crippen LogP contribution is 2.50. The van der Waals surface area contributed by atoms with Crippen LogP contribution in [-0.4, -0.2) is 24.3 Å². The molecule has 0 saturated heterocycles. The lowest BCUT2D eigenvalue weighted by Gasteiger charge is -2.21. The second-order valence-electron chi connectivity index (χ2n) is 12.8. The van der Waals surface area contributed by atoms with Crippen LogP contribution in [0.15, 0.2) is 152 Å². The normalized spacial score (nSPS) is 13.0. The Labute approximate surface area is 279 Å². The van der Waals surface area contributed by atoms with Crippen LogP contribution < -0.4 is 0 Å². The lowest BCUT2D eigenvalue weighted by Crippen LogP contribution is -2.14. The molecule has 0 fully saturated rings. The molecular formula is C43H31N5. The molecule has 1 aliphatic carbocycles. The van der Waals surface area contributed by atoms with Crippen LogP contribution >= 0.6 is 0 Å². The molecule has 3 heterocycles. The molecule has 48 heavy (non-hydrogen) atoms. The van der Waals surface area contributed by atoms with Crippen LogP contribution in [0, 0.1) is 0 Å². The van der Waals surface area contributed by atoms with Gasteiger partial charge >= 0.3 is 0 Å². The first-order valence-electron chi connectivity index (χ1n) is 16.2. The van der Waals surface area contributed by atoms with E-state index in [9.17, 15) is 0 Å². The highest BCUT2D eigenvalue weighted by atomic mass is 15.0. The summed E-state index contributed by atoms with van der Waals surface area (Å²) in [5.41, 5.74) is 13.0. The van der Waals surface area contributed by atoms with Gasteiger partial charge in [-0.1, -0.05) is 135 Å². The van der Waals surface area contributed by atoms with E-state index in [0.29, 0.717) is 17.5 Å². The monoisotopic (exact) mass is 617 g/mol. The van der Waals surface area contributed by atoms with E-state index >= 15 is 0 Å². The number of pyridine rings is 1. The van der Waals surface area contributed by atoms with E-state index in [1.54, 1.807) is 0 Å². The quantitative estimate of drug-likeness (QED) is 0.193. The summed E-state index contributed by atoms with van der Waals surface area (Å²) in [6, 6.07) is 50.4. The molecule has 0 aliphatic heterocycles. The molecule has 3 aromatic heterocycles. The predicted octanol–water partition coefficient (Wildman–Crippen LogP) is 10.2. The highest BCUT2D eigenvalue weighted by Gasteiger charge is 2.35. The van der Waals surface area contributed by atoms with Gasteiger partial charge < -0.3 is 0 Å². The van der Waals surface area contributed by atoms with Crippen LogP contribution in [0.2, 0.25) is 0 Å². The van der Waals surface area contributed by atoms with Gasteiger partial charge in [0.25, 0.3) is 0 Å². The molecule has 8 aromatic rings. The van der Waals surface area contributed by atoms with Gasteiger partial charge in [-0.05, 0) is 46.5 Å². The van der Waals surface area contributed by atoms with Gasteiger partial charge in [0.05, 0.1) is 11.4 Å². The molecule has 0 atom stereocenters. The van der Waals surface area contributed by atoms with Gasteiger partial charge in [-0.2, -0.15) is 0 Å². The second-order valence-corrected chi connectivity index (χ2v) is 12.8. The van der Waals surface area contributed by atoms with Crippen molar-refractivity contribution in [2.45, 2.75) is 19.3 Å². The van der Waals surface area contributed by atoms with Crippen molar-refractivity contribution in [2.75, 3.05) is 0 Å². The van der Waals surface area contributed by atoms with Crippen LogP contribution in [0.3, 0.4) is 0 Å². The summed E-state index contributed by atoms with van der Waals surface area (Å²) in [5, 5.41) is 0. The number of hydrogen-bond acceptors (Lipinski definition) is 4. The van der Waals surface area contributed by atoms with E-state index in [1.807, 2.05) is 66.7 Å². The molecule has 5 aromatic carbocycles. The minimum atomic E-state index is -0.0527. The molecule has 0 spiro atoms. The first-order chi connectivity index (χ1) is 23.5. The van der Waals surface area contributed by atoms with E-state index < -0.39 is 0 Å². The number of aromatic nitrogens is 5. The van der Waals surface area contributed by atoms with Crippen molar-refractivity contribution >= 4 is 5.65 Å². The van der Waals surface area contributed by atoms with Gasteiger partial charge in [0.2, 0.25) is 0 Å². The van der Waals surface area contributed by atoms with E-state index in [1.165, 1.54) is 22.3 Å². The molecule has 228 valence electrons. The van der Waals surface area contributed by atoms with Crippen LogP contribution in [0.4, 0.5) is 0 Å². The second kappa shape index (κ2) is 11.0. The summed E-state index contributed by atoms with van der Waals surface area (Å²) < 4.78 is 2.19. The zero-order valence-electron chi connectivity index (χ0n) is 26.7.